The van der Waals surface area contributed by atoms with Crippen molar-refractivity contribution < 1.29 is 19.4 Å². The number of halogens is 1. The molecule has 1 heterocycles. The monoisotopic (exact) mass is 312 g/mol. The molecule has 0 bridgehead atoms. The molecule has 1 aromatic carbocycles. The number of hydrogen-bond donors (Lipinski definition) is 2. The molecular formula is C14H17ClN2O4. The average Bonchev–Trinajstić information content (AvgIpc) is 2.39. The molecule has 2 unspecified atom stereocenters. The summed E-state index contributed by atoms with van der Waals surface area (Å²) in [5, 5.41) is 11.8. The lowest BCUT2D eigenvalue weighted by atomic mass is 10.2. The molecule has 1 aliphatic heterocycles. The Bertz CT molecular complexity index is 554. The number of urea groups is 1. The minimum absolute atomic E-state index is 0.0284. The Morgan fingerprint density at radius 2 is 1.95 bits per heavy atom. The smallest absolute Gasteiger partial charge is 0.337 e. The second-order valence-corrected chi connectivity index (χ2v) is 5.50. The van der Waals surface area contributed by atoms with Crippen molar-refractivity contribution in [3.05, 3.63) is 28.8 Å². The Labute approximate surface area is 127 Å². The summed E-state index contributed by atoms with van der Waals surface area (Å²) in [6, 6.07) is 4.08. The second-order valence-electron chi connectivity index (χ2n) is 5.09. The van der Waals surface area contributed by atoms with Gasteiger partial charge >= 0.3 is 12.0 Å². The fraction of sp³-hybridized carbons (Fsp3) is 0.429. The number of hydrogen-bond acceptors (Lipinski definition) is 3. The summed E-state index contributed by atoms with van der Waals surface area (Å²) in [7, 11) is 0. The van der Waals surface area contributed by atoms with Crippen LogP contribution in [0.1, 0.15) is 24.2 Å². The number of benzene rings is 1. The summed E-state index contributed by atoms with van der Waals surface area (Å²) in [4.78, 5) is 24.9. The van der Waals surface area contributed by atoms with Crippen LogP contribution in [-0.4, -0.2) is 47.3 Å². The summed E-state index contributed by atoms with van der Waals surface area (Å²) in [6.45, 7) is 4.80. The summed E-state index contributed by atoms with van der Waals surface area (Å²) in [6.07, 6.45) is -0.0569. The molecule has 21 heavy (non-hydrogen) atoms. The lowest BCUT2D eigenvalue weighted by molar-refractivity contribution is -0.0530. The van der Waals surface area contributed by atoms with E-state index in [9.17, 15) is 9.59 Å². The van der Waals surface area contributed by atoms with E-state index in [4.69, 9.17) is 21.4 Å². The van der Waals surface area contributed by atoms with Crippen LogP contribution in [0, 0.1) is 0 Å². The third-order valence-electron chi connectivity index (χ3n) is 3.15. The number of aromatic carboxylic acids is 1. The van der Waals surface area contributed by atoms with E-state index in [1.807, 2.05) is 13.8 Å². The van der Waals surface area contributed by atoms with Crippen molar-refractivity contribution in [1.29, 1.82) is 0 Å². The third-order valence-corrected chi connectivity index (χ3v) is 3.48. The Morgan fingerprint density at radius 1 is 1.33 bits per heavy atom. The van der Waals surface area contributed by atoms with Crippen LogP contribution < -0.4 is 5.32 Å². The van der Waals surface area contributed by atoms with Crippen LogP contribution in [0.3, 0.4) is 0 Å². The Kier molecular flexibility index (Phi) is 4.69. The Morgan fingerprint density at radius 3 is 2.52 bits per heavy atom. The molecular weight excluding hydrogens is 296 g/mol. The van der Waals surface area contributed by atoms with Gasteiger partial charge in [-0.25, -0.2) is 9.59 Å². The number of carbonyl (C=O) groups is 2. The van der Waals surface area contributed by atoms with Gasteiger partial charge in [-0.3, -0.25) is 0 Å². The fourth-order valence-electron chi connectivity index (χ4n) is 2.31. The highest BCUT2D eigenvalue weighted by Crippen LogP contribution is 2.21. The normalized spacial score (nSPS) is 22.0. The van der Waals surface area contributed by atoms with Gasteiger partial charge in [0.25, 0.3) is 0 Å². The first-order valence-electron chi connectivity index (χ1n) is 6.61. The molecule has 2 N–H and O–H groups in total. The Balaban J connectivity index is 2.09. The summed E-state index contributed by atoms with van der Waals surface area (Å²) in [5.74, 6) is -1.13. The van der Waals surface area contributed by atoms with Gasteiger partial charge in [-0.05, 0) is 32.0 Å². The van der Waals surface area contributed by atoms with E-state index in [1.165, 1.54) is 12.1 Å². The lowest BCUT2D eigenvalue weighted by Gasteiger charge is -2.35. The highest BCUT2D eigenvalue weighted by molar-refractivity contribution is 6.33. The molecule has 1 aromatic rings. The zero-order valence-corrected chi connectivity index (χ0v) is 12.6. The highest BCUT2D eigenvalue weighted by Gasteiger charge is 2.26. The minimum Gasteiger partial charge on any atom is -0.478 e. The van der Waals surface area contributed by atoms with Crippen LogP contribution in [0.5, 0.6) is 0 Å². The van der Waals surface area contributed by atoms with E-state index < -0.39 is 5.97 Å². The van der Waals surface area contributed by atoms with Crippen molar-refractivity contribution in [2.24, 2.45) is 0 Å². The minimum atomic E-state index is -1.13. The van der Waals surface area contributed by atoms with Crippen molar-refractivity contribution >= 4 is 29.3 Å². The number of carbonyl (C=O) groups excluding carboxylic acids is 1. The van der Waals surface area contributed by atoms with E-state index in [0.717, 1.165) is 0 Å². The summed E-state index contributed by atoms with van der Waals surface area (Å²) < 4.78 is 5.57. The Hall–Kier alpha value is -1.79. The number of anilines is 1. The van der Waals surface area contributed by atoms with Gasteiger partial charge in [0.1, 0.15) is 0 Å². The van der Waals surface area contributed by atoms with Crippen molar-refractivity contribution in [3.8, 4) is 0 Å². The van der Waals surface area contributed by atoms with Gasteiger partial charge in [-0.1, -0.05) is 11.6 Å². The zero-order chi connectivity index (χ0) is 15.6. The average molecular weight is 313 g/mol. The predicted molar refractivity (Wildman–Crippen MR) is 79.0 cm³/mol. The first-order chi connectivity index (χ1) is 9.86. The molecule has 0 spiro atoms. The molecule has 1 aliphatic rings. The number of carboxylic acid groups (broad SMARTS) is 1. The van der Waals surface area contributed by atoms with Gasteiger partial charge in [0.05, 0.1) is 22.8 Å². The van der Waals surface area contributed by atoms with Crippen LogP contribution in [0.2, 0.25) is 5.02 Å². The number of nitrogens with one attached hydrogen (secondary N) is 1. The number of morpholine rings is 1. The van der Waals surface area contributed by atoms with Crippen LogP contribution in [0.4, 0.5) is 10.5 Å². The van der Waals surface area contributed by atoms with Gasteiger partial charge in [-0.15, -0.1) is 0 Å². The van der Waals surface area contributed by atoms with Crippen molar-refractivity contribution in [2.45, 2.75) is 26.1 Å². The van der Waals surface area contributed by atoms with E-state index in [2.05, 4.69) is 5.32 Å². The molecule has 1 saturated heterocycles. The number of amides is 2. The lowest BCUT2D eigenvalue weighted by Crippen LogP contribution is -2.49. The SMILES string of the molecule is CC1CN(C(=O)Nc2ccc(Cl)c(C(=O)O)c2)CC(C)O1. The molecule has 6 nitrogen and oxygen atoms in total. The van der Waals surface area contributed by atoms with Gasteiger partial charge in [0.15, 0.2) is 0 Å². The number of carboxylic acids is 1. The molecule has 7 heteroatoms. The largest absolute Gasteiger partial charge is 0.478 e. The van der Waals surface area contributed by atoms with Crippen LogP contribution >= 0.6 is 11.6 Å². The van der Waals surface area contributed by atoms with Gasteiger partial charge in [0, 0.05) is 18.8 Å². The maximum absolute atomic E-state index is 12.2. The summed E-state index contributed by atoms with van der Waals surface area (Å²) >= 11 is 5.79. The molecule has 1 fully saturated rings. The molecule has 2 amide bonds. The maximum atomic E-state index is 12.2. The van der Waals surface area contributed by atoms with Gasteiger partial charge < -0.3 is 20.1 Å². The first kappa shape index (κ1) is 15.6. The highest BCUT2D eigenvalue weighted by atomic mass is 35.5. The van der Waals surface area contributed by atoms with Crippen molar-refractivity contribution in [2.75, 3.05) is 18.4 Å². The summed E-state index contributed by atoms with van der Waals surface area (Å²) in [5.41, 5.74) is 0.353. The number of rotatable bonds is 2. The second kappa shape index (κ2) is 6.32. The van der Waals surface area contributed by atoms with Crippen molar-refractivity contribution in [3.63, 3.8) is 0 Å². The van der Waals surface area contributed by atoms with Crippen LogP contribution in [0.15, 0.2) is 18.2 Å². The molecule has 0 aromatic heterocycles. The van der Waals surface area contributed by atoms with E-state index >= 15 is 0 Å². The van der Waals surface area contributed by atoms with Gasteiger partial charge in [0.2, 0.25) is 0 Å². The topological polar surface area (TPSA) is 78.9 Å². The standard InChI is InChI=1S/C14H17ClN2O4/c1-8-6-17(7-9(2)21-8)14(20)16-10-3-4-12(15)11(5-10)13(18)19/h3-5,8-9H,6-7H2,1-2H3,(H,16,20)(H,18,19). The van der Waals surface area contributed by atoms with E-state index in [-0.39, 0.29) is 28.8 Å². The molecule has 0 radical (unpaired) electrons. The van der Waals surface area contributed by atoms with Crippen molar-refractivity contribution in [1.82, 2.24) is 4.90 Å². The molecule has 2 rings (SSSR count). The molecule has 0 aliphatic carbocycles. The zero-order valence-electron chi connectivity index (χ0n) is 11.8. The van der Waals surface area contributed by atoms with Crippen LogP contribution in [0.25, 0.3) is 0 Å². The predicted octanol–water partition coefficient (Wildman–Crippen LogP) is 2.68. The number of nitrogens with zero attached hydrogens (tertiary/aromatic N) is 1. The first-order valence-corrected chi connectivity index (χ1v) is 6.99. The third kappa shape index (κ3) is 3.86. The van der Waals surface area contributed by atoms with Gasteiger partial charge in [-0.2, -0.15) is 0 Å². The molecule has 114 valence electrons. The van der Waals surface area contributed by atoms with E-state index in [0.29, 0.717) is 18.8 Å². The number of ether oxygens (including phenoxy) is 1. The fourth-order valence-corrected chi connectivity index (χ4v) is 2.51. The molecule has 0 saturated carbocycles. The maximum Gasteiger partial charge on any atom is 0.337 e. The molecule has 2 atom stereocenters. The van der Waals surface area contributed by atoms with E-state index in [1.54, 1.807) is 11.0 Å². The van der Waals surface area contributed by atoms with Crippen LogP contribution in [-0.2, 0) is 4.74 Å². The quantitative estimate of drug-likeness (QED) is 0.880.